The summed E-state index contributed by atoms with van der Waals surface area (Å²) in [7, 11) is -3.71. The second-order valence-corrected chi connectivity index (χ2v) is 8.55. The van der Waals surface area contributed by atoms with Crippen LogP contribution >= 0.6 is 0 Å². The summed E-state index contributed by atoms with van der Waals surface area (Å²) >= 11 is 0. The second-order valence-electron chi connectivity index (χ2n) is 6.57. The highest BCUT2D eigenvalue weighted by Gasteiger charge is 2.30. The van der Waals surface area contributed by atoms with Crippen molar-refractivity contribution in [1.82, 2.24) is 0 Å². The maximum atomic E-state index is 13.0. The van der Waals surface area contributed by atoms with Gasteiger partial charge in [-0.15, -0.1) is 0 Å². The van der Waals surface area contributed by atoms with E-state index in [-0.39, 0.29) is 22.4 Å². The third-order valence-corrected chi connectivity index (χ3v) is 5.74. The van der Waals surface area contributed by atoms with Gasteiger partial charge in [-0.3, -0.25) is 10.1 Å². The van der Waals surface area contributed by atoms with Crippen molar-refractivity contribution in [3.63, 3.8) is 0 Å². The molecular formula is C18H20FN3O4S. The number of para-hydroxylation sites is 1. The maximum Gasteiger partial charge on any atom is 0.311 e. The Bertz CT molecular complexity index is 940. The topological polar surface area (TPSA) is 92.6 Å². The molecule has 1 fully saturated rings. The predicted octanol–water partition coefficient (Wildman–Crippen LogP) is 3.22. The molecule has 2 aromatic carbocycles. The van der Waals surface area contributed by atoms with Crippen molar-refractivity contribution in [1.29, 1.82) is 0 Å². The first-order valence-corrected chi connectivity index (χ1v) is 10.4. The normalized spacial score (nSPS) is 15.6. The van der Waals surface area contributed by atoms with Crippen molar-refractivity contribution in [3.05, 3.63) is 58.4 Å². The molecule has 9 heteroatoms. The number of sulfone groups is 1. The number of hydrogen-bond acceptors (Lipinski definition) is 6. The standard InChI is InChI=1S/C18H20FN3O4S/c1-27(25,26)17-4-2-3-16(18(17)22(23)24)21-11-9-15(10-12-21)20-14-7-5-13(19)6-8-14/h2-8,15,20H,9-12H2,1H3. The minimum atomic E-state index is -3.71. The Morgan fingerprint density at radius 1 is 1.15 bits per heavy atom. The SMILES string of the molecule is CS(=O)(=O)c1cccc(N2CCC(Nc3ccc(F)cc3)CC2)c1[N+](=O)[O-]. The minimum absolute atomic E-state index is 0.156. The number of nitrogens with one attached hydrogen (secondary N) is 1. The fourth-order valence-electron chi connectivity index (χ4n) is 3.30. The quantitative estimate of drug-likeness (QED) is 0.619. The van der Waals surface area contributed by atoms with Crippen LogP contribution in [0.1, 0.15) is 12.8 Å². The van der Waals surface area contributed by atoms with Gasteiger partial charge in [0, 0.05) is 31.1 Å². The first-order chi connectivity index (χ1) is 12.8. The number of benzene rings is 2. The number of rotatable bonds is 5. The summed E-state index contributed by atoms with van der Waals surface area (Å²) in [5.74, 6) is -0.298. The number of nitrogens with zero attached hydrogens (tertiary/aromatic N) is 2. The van der Waals surface area contributed by atoms with E-state index < -0.39 is 14.8 Å². The number of anilines is 2. The van der Waals surface area contributed by atoms with Crippen molar-refractivity contribution < 1.29 is 17.7 Å². The van der Waals surface area contributed by atoms with Crippen LogP contribution in [-0.2, 0) is 9.84 Å². The molecule has 0 saturated carbocycles. The summed E-state index contributed by atoms with van der Waals surface area (Å²) in [6.07, 6.45) is 2.41. The van der Waals surface area contributed by atoms with Gasteiger partial charge in [-0.25, -0.2) is 12.8 Å². The Morgan fingerprint density at radius 3 is 2.33 bits per heavy atom. The Labute approximate surface area is 156 Å². The van der Waals surface area contributed by atoms with Gasteiger partial charge in [0.2, 0.25) is 0 Å². The number of nitro benzene ring substituents is 1. The number of piperidine rings is 1. The zero-order chi connectivity index (χ0) is 19.6. The fraction of sp³-hybridized carbons (Fsp3) is 0.333. The molecule has 1 saturated heterocycles. The molecule has 0 amide bonds. The van der Waals surface area contributed by atoms with Gasteiger partial charge in [0.15, 0.2) is 9.84 Å². The lowest BCUT2D eigenvalue weighted by Crippen LogP contribution is -2.39. The van der Waals surface area contributed by atoms with Gasteiger partial charge in [0.25, 0.3) is 0 Å². The van der Waals surface area contributed by atoms with Crippen LogP contribution in [0.25, 0.3) is 0 Å². The van der Waals surface area contributed by atoms with E-state index in [9.17, 15) is 22.9 Å². The first-order valence-electron chi connectivity index (χ1n) is 8.50. The molecule has 27 heavy (non-hydrogen) atoms. The van der Waals surface area contributed by atoms with E-state index in [0.29, 0.717) is 18.8 Å². The van der Waals surface area contributed by atoms with Gasteiger partial charge in [0.1, 0.15) is 16.4 Å². The van der Waals surface area contributed by atoms with E-state index in [0.717, 1.165) is 24.8 Å². The van der Waals surface area contributed by atoms with Gasteiger partial charge in [-0.1, -0.05) is 6.07 Å². The highest BCUT2D eigenvalue weighted by atomic mass is 32.2. The predicted molar refractivity (Wildman–Crippen MR) is 101 cm³/mol. The molecule has 0 spiro atoms. The van der Waals surface area contributed by atoms with E-state index in [1.54, 1.807) is 18.2 Å². The van der Waals surface area contributed by atoms with Crippen LogP contribution in [-0.4, -0.2) is 38.7 Å². The zero-order valence-corrected chi connectivity index (χ0v) is 15.6. The van der Waals surface area contributed by atoms with E-state index in [2.05, 4.69) is 5.32 Å². The van der Waals surface area contributed by atoms with Gasteiger partial charge >= 0.3 is 5.69 Å². The molecule has 0 unspecified atom stereocenters. The molecule has 1 aliphatic heterocycles. The molecule has 0 atom stereocenters. The second kappa shape index (κ2) is 7.51. The molecule has 3 rings (SSSR count). The third kappa shape index (κ3) is 4.36. The van der Waals surface area contributed by atoms with Crippen LogP contribution in [0, 0.1) is 15.9 Å². The molecule has 0 aromatic heterocycles. The minimum Gasteiger partial charge on any atom is -0.382 e. The lowest BCUT2D eigenvalue weighted by molar-refractivity contribution is -0.387. The molecule has 0 aliphatic carbocycles. The number of hydrogen-bond donors (Lipinski definition) is 1. The summed E-state index contributed by atoms with van der Waals surface area (Å²) in [4.78, 5) is 12.5. The summed E-state index contributed by atoms with van der Waals surface area (Å²) in [6.45, 7) is 1.10. The average molecular weight is 393 g/mol. The molecule has 144 valence electrons. The van der Waals surface area contributed by atoms with Crippen molar-refractivity contribution >= 4 is 26.9 Å². The van der Waals surface area contributed by atoms with Crippen LogP contribution in [0.3, 0.4) is 0 Å². The van der Waals surface area contributed by atoms with Crippen molar-refractivity contribution in [2.45, 2.75) is 23.8 Å². The van der Waals surface area contributed by atoms with Crippen molar-refractivity contribution in [2.75, 3.05) is 29.6 Å². The highest BCUT2D eigenvalue weighted by molar-refractivity contribution is 7.90. The molecule has 7 nitrogen and oxygen atoms in total. The smallest absolute Gasteiger partial charge is 0.311 e. The Hall–Kier alpha value is -2.68. The third-order valence-electron chi connectivity index (χ3n) is 4.61. The Balaban J connectivity index is 1.76. The lowest BCUT2D eigenvalue weighted by atomic mass is 10.0. The molecular weight excluding hydrogens is 373 g/mol. The summed E-state index contributed by atoms with van der Waals surface area (Å²) in [6, 6.07) is 10.6. The van der Waals surface area contributed by atoms with Crippen LogP contribution < -0.4 is 10.2 Å². The Morgan fingerprint density at radius 2 is 1.78 bits per heavy atom. The van der Waals surface area contributed by atoms with Gasteiger partial charge in [0.05, 0.1) is 4.92 Å². The van der Waals surface area contributed by atoms with E-state index in [1.165, 1.54) is 24.3 Å². The average Bonchev–Trinajstić information content (AvgIpc) is 2.63. The van der Waals surface area contributed by atoms with Gasteiger partial charge in [-0.05, 0) is 49.2 Å². The number of nitro groups is 1. The zero-order valence-electron chi connectivity index (χ0n) is 14.8. The summed E-state index contributed by atoms with van der Waals surface area (Å²) in [5.41, 5.74) is 0.771. The highest BCUT2D eigenvalue weighted by Crippen LogP contribution is 2.36. The van der Waals surface area contributed by atoms with E-state index in [4.69, 9.17) is 0 Å². The van der Waals surface area contributed by atoms with Crippen LogP contribution in [0.4, 0.5) is 21.5 Å². The van der Waals surface area contributed by atoms with Crippen molar-refractivity contribution in [2.24, 2.45) is 0 Å². The van der Waals surface area contributed by atoms with Gasteiger partial charge in [-0.2, -0.15) is 0 Å². The maximum absolute atomic E-state index is 13.0. The summed E-state index contributed by atoms with van der Waals surface area (Å²) in [5, 5.41) is 14.9. The molecule has 0 bridgehead atoms. The monoisotopic (exact) mass is 393 g/mol. The van der Waals surface area contributed by atoms with E-state index in [1.807, 2.05) is 4.90 Å². The molecule has 1 aliphatic rings. The number of halogens is 1. The molecule has 0 radical (unpaired) electrons. The van der Waals surface area contributed by atoms with Crippen molar-refractivity contribution in [3.8, 4) is 0 Å². The summed E-state index contributed by atoms with van der Waals surface area (Å²) < 4.78 is 36.8. The fourth-order valence-corrected chi connectivity index (χ4v) is 4.15. The molecule has 1 N–H and O–H groups in total. The largest absolute Gasteiger partial charge is 0.382 e. The van der Waals surface area contributed by atoms with Crippen LogP contribution in [0.2, 0.25) is 0 Å². The van der Waals surface area contributed by atoms with Crippen LogP contribution in [0.15, 0.2) is 47.4 Å². The first kappa shape index (κ1) is 19.1. The molecule has 2 aromatic rings. The Kier molecular flexibility index (Phi) is 5.31. The van der Waals surface area contributed by atoms with Crippen LogP contribution in [0.5, 0.6) is 0 Å². The molecule has 1 heterocycles. The van der Waals surface area contributed by atoms with E-state index >= 15 is 0 Å². The van der Waals surface area contributed by atoms with Gasteiger partial charge < -0.3 is 10.2 Å². The lowest BCUT2D eigenvalue weighted by Gasteiger charge is -2.34.